The average molecular weight is 433 g/mol. The van der Waals surface area contributed by atoms with Gasteiger partial charge in [-0.15, -0.1) is 0 Å². The van der Waals surface area contributed by atoms with Crippen molar-refractivity contribution in [3.05, 3.63) is 75.3 Å². The van der Waals surface area contributed by atoms with Gasteiger partial charge in [-0.05, 0) is 35.4 Å². The second kappa shape index (κ2) is 6.62. The van der Waals surface area contributed by atoms with Crippen molar-refractivity contribution in [2.45, 2.75) is 17.4 Å². The summed E-state index contributed by atoms with van der Waals surface area (Å²) in [6.07, 6.45) is -3.85. The van der Waals surface area contributed by atoms with Crippen LogP contribution in [0.15, 0.2) is 48.5 Å². The predicted molar refractivity (Wildman–Crippen MR) is 98.5 cm³/mol. The first-order valence-electron chi connectivity index (χ1n) is 8.34. The van der Waals surface area contributed by atoms with Crippen LogP contribution in [-0.4, -0.2) is 19.3 Å². The second-order valence-electron chi connectivity index (χ2n) is 6.80. The average Bonchev–Trinajstić information content (AvgIpc) is 3.06. The Labute approximate surface area is 168 Å². The smallest absolute Gasteiger partial charge is 0.310 e. The first-order chi connectivity index (χ1) is 13.1. The van der Waals surface area contributed by atoms with Gasteiger partial charge in [-0.2, -0.15) is 13.2 Å². The van der Waals surface area contributed by atoms with Crippen LogP contribution in [0.25, 0.3) is 5.70 Å². The summed E-state index contributed by atoms with van der Waals surface area (Å²) in [4.78, 5) is 5.03. The Morgan fingerprint density at radius 1 is 0.929 bits per heavy atom. The fourth-order valence-corrected chi connectivity index (χ4v) is 3.78. The van der Waals surface area contributed by atoms with Gasteiger partial charge in [-0.3, -0.25) is 10.3 Å². The van der Waals surface area contributed by atoms with E-state index in [4.69, 9.17) is 28.0 Å². The van der Waals surface area contributed by atoms with E-state index in [0.29, 0.717) is 11.1 Å². The maximum absolute atomic E-state index is 14.4. The zero-order valence-electron chi connectivity index (χ0n) is 14.2. The number of alkyl halides is 4. The van der Waals surface area contributed by atoms with Gasteiger partial charge in [-0.25, -0.2) is 4.39 Å². The fourth-order valence-electron chi connectivity index (χ4n) is 3.25. The largest absolute Gasteiger partial charge is 0.428 e. The Hall–Kier alpha value is -1.80. The molecule has 4 rings (SSSR count). The lowest BCUT2D eigenvalue weighted by Gasteiger charge is -2.35. The molecule has 28 heavy (non-hydrogen) atoms. The molecule has 3 nitrogen and oxygen atoms in total. The second-order valence-corrected chi connectivity index (χ2v) is 7.67. The highest BCUT2D eigenvalue weighted by Crippen LogP contribution is 2.48. The van der Waals surface area contributed by atoms with Gasteiger partial charge in [0.2, 0.25) is 5.60 Å². The van der Waals surface area contributed by atoms with Gasteiger partial charge in [0, 0.05) is 28.7 Å². The summed E-state index contributed by atoms with van der Waals surface area (Å²) in [6.45, 7) is 0.423. The molecule has 0 aliphatic carbocycles. The summed E-state index contributed by atoms with van der Waals surface area (Å²) in [7, 11) is 0. The summed E-state index contributed by atoms with van der Waals surface area (Å²) in [6, 6.07) is 9.86. The number of hydrogen-bond acceptors (Lipinski definition) is 3. The third kappa shape index (κ3) is 3.16. The van der Waals surface area contributed by atoms with E-state index in [0.717, 1.165) is 18.2 Å². The minimum absolute atomic E-state index is 0.0586. The molecule has 1 saturated heterocycles. The SMILES string of the molecule is FC1(c2ccc(C3=CC(c4cc(Cl)cc(Cl)c4)(C(F)(F)F)ON3)cc2)CNC1. The van der Waals surface area contributed by atoms with Crippen molar-refractivity contribution in [2.24, 2.45) is 0 Å². The molecule has 2 heterocycles. The predicted octanol–water partition coefficient (Wildman–Crippen LogP) is 5.09. The Morgan fingerprint density at radius 3 is 2.04 bits per heavy atom. The van der Waals surface area contributed by atoms with Crippen molar-refractivity contribution in [3.63, 3.8) is 0 Å². The lowest BCUT2D eigenvalue weighted by molar-refractivity contribution is -0.269. The van der Waals surface area contributed by atoms with E-state index in [-0.39, 0.29) is 34.4 Å². The Kier molecular flexibility index (Phi) is 4.62. The molecule has 0 bridgehead atoms. The van der Waals surface area contributed by atoms with Crippen molar-refractivity contribution in [1.29, 1.82) is 0 Å². The van der Waals surface area contributed by atoms with Crippen LogP contribution in [0.5, 0.6) is 0 Å². The van der Waals surface area contributed by atoms with Gasteiger partial charge >= 0.3 is 6.18 Å². The molecule has 1 fully saturated rings. The number of hydrogen-bond donors (Lipinski definition) is 2. The minimum atomic E-state index is -4.78. The molecule has 148 valence electrons. The van der Waals surface area contributed by atoms with Crippen molar-refractivity contribution < 1.29 is 22.4 Å². The molecule has 1 unspecified atom stereocenters. The molecule has 2 aliphatic rings. The highest BCUT2D eigenvalue weighted by atomic mass is 35.5. The summed E-state index contributed by atoms with van der Waals surface area (Å²) >= 11 is 11.8. The van der Waals surface area contributed by atoms with Crippen molar-refractivity contribution in [3.8, 4) is 0 Å². The normalized spacial score (nSPS) is 23.7. The number of nitrogens with one attached hydrogen (secondary N) is 2. The zero-order valence-corrected chi connectivity index (χ0v) is 15.7. The first kappa shape index (κ1) is 19.5. The van der Waals surface area contributed by atoms with Gasteiger partial charge < -0.3 is 5.32 Å². The third-order valence-corrected chi connectivity index (χ3v) is 5.34. The highest BCUT2D eigenvalue weighted by molar-refractivity contribution is 6.34. The maximum atomic E-state index is 14.4. The Balaban J connectivity index is 1.73. The number of benzene rings is 2. The molecule has 2 aromatic carbocycles. The van der Waals surface area contributed by atoms with Gasteiger partial charge in [0.15, 0.2) is 5.67 Å². The molecule has 1 atom stereocenters. The van der Waals surface area contributed by atoms with Crippen LogP contribution in [0.2, 0.25) is 10.0 Å². The number of rotatable bonds is 3. The quantitative estimate of drug-likeness (QED) is 0.662. The van der Waals surface area contributed by atoms with Crippen LogP contribution in [0.1, 0.15) is 16.7 Å². The van der Waals surface area contributed by atoms with Crippen molar-refractivity contribution in [1.82, 2.24) is 10.8 Å². The van der Waals surface area contributed by atoms with E-state index in [1.807, 2.05) is 0 Å². The van der Waals surface area contributed by atoms with Crippen LogP contribution in [0.4, 0.5) is 17.6 Å². The summed E-state index contributed by atoms with van der Waals surface area (Å²) in [5, 5.41) is 2.98. The van der Waals surface area contributed by atoms with Crippen molar-refractivity contribution >= 4 is 28.9 Å². The van der Waals surface area contributed by atoms with Crippen LogP contribution < -0.4 is 10.8 Å². The van der Waals surface area contributed by atoms with Gasteiger partial charge in [0.1, 0.15) is 0 Å². The number of hydroxylamine groups is 1. The molecule has 2 aliphatic heterocycles. The molecule has 0 aromatic heterocycles. The molecule has 2 aromatic rings. The van der Waals surface area contributed by atoms with E-state index < -0.39 is 17.4 Å². The molecule has 0 saturated carbocycles. The van der Waals surface area contributed by atoms with Gasteiger partial charge in [0.25, 0.3) is 0 Å². The molecular formula is C19H14Cl2F4N2O. The maximum Gasteiger partial charge on any atom is 0.428 e. The highest BCUT2D eigenvalue weighted by Gasteiger charge is 2.59. The van der Waals surface area contributed by atoms with E-state index in [2.05, 4.69) is 10.8 Å². The summed E-state index contributed by atoms with van der Waals surface area (Å²) in [5.74, 6) is 0. The summed E-state index contributed by atoms with van der Waals surface area (Å²) < 4.78 is 56.4. The molecule has 0 radical (unpaired) electrons. The Bertz CT molecular complexity index is 922. The minimum Gasteiger partial charge on any atom is -0.310 e. The first-order valence-corrected chi connectivity index (χ1v) is 9.09. The fraction of sp³-hybridized carbons (Fsp3) is 0.263. The molecule has 9 heteroatoms. The number of halogens is 6. The van der Waals surface area contributed by atoms with Gasteiger partial charge in [0.05, 0.1) is 5.70 Å². The van der Waals surface area contributed by atoms with Crippen LogP contribution in [0, 0.1) is 0 Å². The van der Waals surface area contributed by atoms with E-state index in [1.165, 1.54) is 6.07 Å². The van der Waals surface area contributed by atoms with E-state index in [9.17, 15) is 17.6 Å². The molecule has 2 N–H and O–H groups in total. The topological polar surface area (TPSA) is 33.3 Å². The van der Waals surface area contributed by atoms with Crippen molar-refractivity contribution in [2.75, 3.05) is 13.1 Å². The monoisotopic (exact) mass is 432 g/mol. The lowest BCUT2D eigenvalue weighted by Crippen LogP contribution is -2.53. The lowest BCUT2D eigenvalue weighted by atomic mass is 9.88. The Morgan fingerprint density at radius 2 is 1.54 bits per heavy atom. The van der Waals surface area contributed by atoms with Gasteiger partial charge in [-0.1, -0.05) is 47.5 Å². The third-order valence-electron chi connectivity index (χ3n) is 4.91. The van der Waals surface area contributed by atoms with E-state index in [1.54, 1.807) is 24.3 Å². The molecular weight excluding hydrogens is 419 g/mol. The molecule has 0 amide bonds. The van der Waals surface area contributed by atoms with E-state index >= 15 is 0 Å². The summed E-state index contributed by atoms with van der Waals surface area (Å²) in [5.41, 5.74) is -1.10. The van der Waals surface area contributed by atoms with Crippen LogP contribution >= 0.6 is 23.2 Å². The standard InChI is InChI=1S/C19H14Cl2F4N2O/c20-14-5-13(6-15(21)7-14)18(19(23,24)25)8-16(27-28-18)11-1-3-12(4-2-11)17(22)9-26-10-17/h1-8,26-27H,9-10H2. The molecule has 0 spiro atoms. The zero-order chi connectivity index (χ0) is 20.2. The van der Waals surface area contributed by atoms with Crippen LogP contribution in [0.3, 0.4) is 0 Å². The van der Waals surface area contributed by atoms with Crippen LogP contribution in [-0.2, 0) is 16.1 Å².